The summed E-state index contributed by atoms with van der Waals surface area (Å²) in [6.07, 6.45) is 5.36. The van der Waals surface area contributed by atoms with Crippen molar-refractivity contribution in [2.24, 2.45) is 23.0 Å². The molecule has 0 saturated heterocycles. The number of rotatable bonds is 4. The summed E-state index contributed by atoms with van der Waals surface area (Å²) in [6, 6.07) is 0. The van der Waals surface area contributed by atoms with Gasteiger partial charge >= 0.3 is 0 Å². The van der Waals surface area contributed by atoms with Crippen molar-refractivity contribution in [1.29, 1.82) is 0 Å². The summed E-state index contributed by atoms with van der Waals surface area (Å²) in [7, 11) is 0. The second-order valence-electron chi connectivity index (χ2n) is 6.84. The van der Waals surface area contributed by atoms with Crippen LogP contribution in [-0.4, -0.2) is 5.54 Å². The quantitative estimate of drug-likeness (QED) is 0.732. The lowest BCUT2D eigenvalue weighted by Gasteiger charge is -2.33. The largest absolute Gasteiger partial charge is 0.326 e. The molecular weight excluding hydrogens is 170 g/mol. The van der Waals surface area contributed by atoms with E-state index >= 15 is 0 Å². The van der Waals surface area contributed by atoms with Crippen molar-refractivity contribution in [3.63, 3.8) is 0 Å². The molecule has 1 aliphatic carbocycles. The van der Waals surface area contributed by atoms with Crippen LogP contribution in [0.1, 0.15) is 60.3 Å². The molecule has 0 amide bonds. The Morgan fingerprint density at radius 1 is 1.14 bits per heavy atom. The van der Waals surface area contributed by atoms with E-state index < -0.39 is 0 Å². The van der Waals surface area contributed by atoms with E-state index in [1.807, 2.05) is 0 Å². The molecule has 1 nitrogen and oxygen atoms in total. The smallest absolute Gasteiger partial charge is 0.00971 e. The van der Waals surface area contributed by atoms with Crippen LogP contribution < -0.4 is 5.73 Å². The van der Waals surface area contributed by atoms with Gasteiger partial charge in [-0.1, -0.05) is 20.8 Å². The first-order valence-corrected chi connectivity index (χ1v) is 5.99. The van der Waals surface area contributed by atoms with Crippen molar-refractivity contribution < 1.29 is 0 Å². The van der Waals surface area contributed by atoms with Crippen LogP contribution in [0.2, 0.25) is 0 Å². The highest BCUT2D eigenvalue weighted by molar-refractivity contribution is 4.89. The zero-order chi connectivity index (χ0) is 11.0. The van der Waals surface area contributed by atoms with Crippen LogP contribution in [0.3, 0.4) is 0 Å². The molecule has 2 N–H and O–H groups in total. The monoisotopic (exact) mass is 197 g/mol. The predicted octanol–water partition coefficient (Wildman–Crippen LogP) is 3.58. The van der Waals surface area contributed by atoms with E-state index in [0.29, 0.717) is 5.41 Å². The second kappa shape index (κ2) is 3.84. The predicted molar refractivity (Wildman–Crippen MR) is 63.2 cm³/mol. The standard InChI is InChI=1S/C13H27N/c1-12(2,3)11(10-6-7-10)8-9-13(4,5)14/h10-11H,6-9,14H2,1-5H3. The van der Waals surface area contributed by atoms with Crippen molar-refractivity contribution in [3.8, 4) is 0 Å². The van der Waals surface area contributed by atoms with Crippen LogP contribution in [0, 0.1) is 17.3 Å². The Hall–Kier alpha value is -0.0400. The summed E-state index contributed by atoms with van der Waals surface area (Å²) in [4.78, 5) is 0. The number of hydrogen-bond acceptors (Lipinski definition) is 1. The molecule has 0 aromatic heterocycles. The minimum Gasteiger partial charge on any atom is -0.326 e. The molecule has 84 valence electrons. The van der Waals surface area contributed by atoms with E-state index in [2.05, 4.69) is 34.6 Å². The Morgan fingerprint density at radius 3 is 1.93 bits per heavy atom. The zero-order valence-corrected chi connectivity index (χ0v) is 10.6. The van der Waals surface area contributed by atoms with Gasteiger partial charge in [0.25, 0.3) is 0 Å². The minimum atomic E-state index is 0.0123. The van der Waals surface area contributed by atoms with Crippen molar-refractivity contribution in [3.05, 3.63) is 0 Å². The third kappa shape index (κ3) is 4.00. The first-order valence-electron chi connectivity index (χ1n) is 5.99. The third-order valence-electron chi connectivity index (χ3n) is 3.40. The maximum Gasteiger partial charge on any atom is 0.00971 e. The third-order valence-corrected chi connectivity index (χ3v) is 3.40. The molecule has 0 spiro atoms. The van der Waals surface area contributed by atoms with Gasteiger partial charge in [0.1, 0.15) is 0 Å². The van der Waals surface area contributed by atoms with E-state index in [9.17, 15) is 0 Å². The van der Waals surface area contributed by atoms with Crippen LogP contribution in [0.4, 0.5) is 0 Å². The van der Waals surface area contributed by atoms with Gasteiger partial charge in [-0.25, -0.2) is 0 Å². The lowest BCUT2D eigenvalue weighted by atomic mass is 9.74. The zero-order valence-electron chi connectivity index (χ0n) is 10.6. The highest BCUT2D eigenvalue weighted by Gasteiger charge is 2.38. The SMILES string of the molecule is CC(C)(N)CCC(C1CC1)C(C)(C)C. The van der Waals surface area contributed by atoms with Gasteiger partial charge < -0.3 is 5.73 Å². The maximum absolute atomic E-state index is 6.05. The van der Waals surface area contributed by atoms with E-state index in [-0.39, 0.29) is 5.54 Å². The van der Waals surface area contributed by atoms with Gasteiger partial charge in [0.05, 0.1) is 0 Å². The molecule has 1 rings (SSSR count). The van der Waals surface area contributed by atoms with E-state index in [1.54, 1.807) is 0 Å². The van der Waals surface area contributed by atoms with Gasteiger partial charge in [-0.15, -0.1) is 0 Å². The summed E-state index contributed by atoms with van der Waals surface area (Å²) in [5, 5.41) is 0. The number of nitrogens with two attached hydrogens (primary N) is 1. The molecule has 0 aromatic rings. The fourth-order valence-electron chi connectivity index (χ4n) is 2.40. The summed E-state index contributed by atoms with van der Waals surface area (Å²) in [5.41, 5.74) is 6.52. The molecule has 1 saturated carbocycles. The highest BCUT2D eigenvalue weighted by Crippen LogP contribution is 2.48. The summed E-state index contributed by atoms with van der Waals surface area (Å²) >= 11 is 0. The summed E-state index contributed by atoms with van der Waals surface area (Å²) in [5.74, 6) is 1.88. The van der Waals surface area contributed by atoms with Gasteiger partial charge in [0.15, 0.2) is 0 Å². The van der Waals surface area contributed by atoms with E-state index in [1.165, 1.54) is 19.3 Å². The average molecular weight is 197 g/mol. The molecule has 0 heterocycles. The fraction of sp³-hybridized carbons (Fsp3) is 1.00. The molecule has 1 heteroatoms. The Kier molecular flexibility index (Phi) is 3.30. The number of hydrogen-bond donors (Lipinski definition) is 1. The maximum atomic E-state index is 6.05. The topological polar surface area (TPSA) is 26.0 Å². The molecule has 1 aliphatic rings. The van der Waals surface area contributed by atoms with Crippen molar-refractivity contribution in [1.82, 2.24) is 0 Å². The molecule has 1 fully saturated rings. The lowest BCUT2D eigenvalue weighted by Crippen LogP contribution is -2.34. The molecule has 0 bridgehead atoms. The fourth-order valence-corrected chi connectivity index (χ4v) is 2.40. The van der Waals surface area contributed by atoms with Gasteiger partial charge in [-0.3, -0.25) is 0 Å². The molecule has 0 aromatic carbocycles. The molecule has 1 unspecified atom stereocenters. The lowest BCUT2D eigenvalue weighted by molar-refractivity contribution is 0.182. The van der Waals surface area contributed by atoms with Gasteiger partial charge in [0, 0.05) is 5.54 Å². The Morgan fingerprint density at radius 2 is 1.64 bits per heavy atom. The van der Waals surface area contributed by atoms with E-state index in [0.717, 1.165) is 18.3 Å². The summed E-state index contributed by atoms with van der Waals surface area (Å²) in [6.45, 7) is 11.4. The van der Waals surface area contributed by atoms with Gasteiger partial charge in [-0.2, -0.15) is 0 Å². The van der Waals surface area contributed by atoms with Gasteiger partial charge in [-0.05, 0) is 56.8 Å². The Bertz CT molecular complexity index is 178. The normalized spacial score (nSPS) is 21.0. The molecule has 1 atom stereocenters. The van der Waals surface area contributed by atoms with Crippen LogP contribution in [0.5, 0.6) is 0 Å². The minimum absolute atomic E-state index is 0.0123. The van der Waals surface area contributed by atoms with Gasteiger partial charge in [0.2, 0.25) is 0 Å². The van der Waals surface area contributed by atoms with Crippen LogP contribution in [0.15, 0.2) is 0 Å². The summed E-state index contributed by atoms with van der Waals surface area (Å²) < 4.78 is 0. The molecule has 0 aliphatic heterocycles. The van der Waals surface area contributed by atoms with Crippen LogP contribution in [-0.2, 0) is 0 Å². The van der Waals surface area contributed by atoms with E-state index in [4.69, 9.17) is 5.73 Å². The second-order valence-corrected chi connectivity index (χ2v) is 6.84. The molecule has 14 heavy (non-hydrogen) atoms. The average Bonchev–Trinajstić information content (AvgIpc) is 2.64. The Labute approximate surface area is 89.5 Å². The molecular formula is C13H27N. The van der Waals surface area contributed by atoms with Crippen molar-refractivity contribution in [2.75, 3.05) is 0 Å². The van der Waals surface area contributed by atoms with Crippen molar-refractivity contribution in [2.45, 2.75) is 65.8 Å². The van der Waals surface area contributed by atoms with Crippen molar-refractivity contribution >= 4 is 0 Å². The highest BCUT2D eigenvalue weighted by atomic mass is 14.7. The van der Waals surface area contributed by atoms with Crippen LogP contribution >= 0.6 is 0 Å². The first-order chi connectivity index (χ1) is 6.20. The first kappa shape index (κ1) is 12.0. The van der Waals surface area contributed by atoms with Crippen LogP contribution in [0.25, 0.3) is 0 Å². The Balaban J connectivity index is 2.45. The molecule has 0 radical (unpaired) electrons.